The van der Waals surface area contributed by atoms with Gasteiger partial charge in [-0.05, 0) is 79.5 Å². The van der Waals surface area contributed by atoms with Crippen LogP contribution >= 0.6 is 22.7 Å². The first kappa shape index (κ1) is 18.0. The third-order valence-corrected chi connectivity index (χ3v) is 8.49. The van der Waals surface area contributed by atoms with E-state index in [0.29, 0.717) is 0 Å². The Labute approximate surface area is 183 Å². The van der Waals surface area contributed by atoms with Crippen LogP contribution in [0.2, 0.25) is 0 Å². The van der Waals surface area contributed by atoms with E-state index in [-0.39, 0.29) is 0 Å². The third-order valence-electron chi connectivity index (χ3n) is 5.96. The molecule has 2 heterocycles. The van der Waals surface area contributed by atoms with Crippen molar-refractivity contribution < 1.29 is 0 Å². The SMILES string of the molecule is CN(C)c1cc2cc3ccc4c5cc6sc(N(C)C)cc6cc5ccc4c3cc2s1. The molecule has 0 bridgehead atoms. The fourth-order valence-corrected chi connectivity index (χ4v) is 6.37. The predicted molar refractivity (Wildman–Crippen MR) is 138 cm³/mol. The molecule has 2 nitrogen and oxygen atoms in total. The van der Waals surface area contributed by atoms with Gasteiger partial charge in [0.15, 0.2) is 0 Å². The first-order valence-electron chi connectivity index (χ1n) is 10.1. The molecule has 0 saturated carbocycles. The lowest BCUT2D eigenvalue weighted by Gasteiger charge is -2.08. The van der Waals surface area contributed by atoms with Gasteiger partial charge in [-0.3, -0.25) is 0 Å². The first-order valence-corrected chi connectivity index (χ1v) is 11.7. The van der Waals surface area contributed by atoms with Gasteiger partial charge >= 0.3 is 0 Å². The van der Waals surface area contributed by atoms with Crippen molar-refractivity contribution >= 4 is 85.2 Å². The van der Waals surface area contributed by atoms with Gasteiger partial charge < -0.3 is 9.80 Å². The molecule has 0 aliphatic rings. The van der Waals surface area contributed by atoms with Crippen molar-refractivity contribution in [3.63, 3.8) is 0 Å². The number of hydrogen-bond donors (Lipinski definition) is 0. The number of benzene rings is 4. The van der Waals surface area contributed by atoms with E-state index in [0.717, 1.165) is 0 Å². The van der Waals surface area contributed by atoms with E-state index in [1.54, 1.807) is 0 Å². The van der Waals surface area contributed by atoms with Crippen molar-refractivity contribution in [3.05, 3.63) is 60.7 Å². The van der Waals surface area contributed by atoms with Gasteiger partial charge in [0.2, 0.25) is 0 Å². The van der Waals surface area contributed by atoms with Crippen LogP contribution in [-0.4, -0.2) is 28.2 Å². The van der Waals surface area contributed by atoms with Crippen molar-refractivity contribution in [2.24, 2.45) is 0 Å². The van der Waals surface area contributed by atoms with Crippen LogP contribution in [-0.2, 0) is 0 Å². The molecule has 0 atom stereocenters. The Morgan fingerprint density at radius 3 is 1.30 bits per heavy atom. The normalized spacial score (nSPS) is 12.0. The van der Waals surface area contributed by atoms with Crippen LogP contribution in [0.5, 0.6) is 0 Å². The average molecular weight is 427 g/mol. The van der Waals surface area contributed by atoms with E-state index in [9.17, 15) is 0 Å². The van der Waals surface area contributed by atoms with E-state index >= 15 is 0 Å². The topological polar surface area (TPSA) is 6.48 Å². The van der Waals surface area contributed by atoms with Gasteiger partial charge in [-0.15, -0.1) is 22.7 Å². The highest BCUT2D eigenvalue weighted by Gasteiger charge is 2.11. The molecule has 0 spiro atoms. The number of nitrogens with zero attached hydrogens (tertiary/aromatic N) is 2. The highest BCUT2D eigenvalue weighted by molar-refractivity contribution is 7.23. The fraction of sp³-hybridized carbons (Fsp3) is 0.154. The Bertz CT molecular complexity index is 1480. The minimum Gasteiger partial charge on any atom is -0.370 e. The quantitative estimate of drug-likeness (QED) is 0.262. The van der Waals surface area contributed by atoms with Crippen molar-refractivity contribution in [2.75, 3.05) is 38.0 Å². The zero-order valence-electron chi connectivity index (χ0n) is 17.5. The first-order chi connectivity index (χ1) is 14.5. The minimum atomic E-state index is 1.30. The summed E-state index contributed by atoms with van der Waals surface area (Å²) in [6, 6.07) is 23.2. The standard InChI is InChI=1S/C26H22N2S2/c1-27(2)25-11-17-9-15-5-7-20-19(21(15)13-23(17)29-25)8-6-16-10-18-12-26(28(3)4)30-24(18)14-22(16)20/h5-14H,1-4H3. The molecule has 0 aliphatic heterocycles. The molecule has 0 fully saturated rings. The lowest BCUT2D eigenvalue weighted by atomic mass is 9.96. The highest BCUT2D eigenvalue weighted by Crippen LogP contribution is 2.40. The summed E-state index contributed by atoms with van der Waals surface area (Å²) in [5.74, 6) is 0. The Morgan fingerprint density at radius 1 is 0.467 bits per heavy atom. The van der Waals surface area contributed by atoms with Crippen LogP contribution in [0, 0.1) is 0 Å². The van der Waals surface area contributed by atoms with E-state index in [1.807, 2.05) is 22.7 Å². The molecule has 4 heteroatoms. The molecule has 6 aromatic rings. The zero-order chi connectivity index (χ0) is 20.6. The van der Waals surface area contributed by atoms with Gasteiger partial charge in [-0.25, -0.2) is 0 Å². The van der Waals surface area contributed by atoms with Crippen molar-refractivity contribution in [3.8, 4) is 0 Å². The van der Waals surface area contributed by atoms with Gasteiger partial charge in [0.25, 0.3) is 0 Å². The van der Waals surface area contributed by atoms with Gasteiger partial charge in [-0.1, -0.05) is 24.3 Å². The number of fused-ring (bicyclic) bond motifs is 7. The van der Waals surface area contributed by atoms with Crippen LogP contribution in [0.15, 0.2) is 60.7 Å². The zero-order valence-corrected chi connectivity index (χ0v) is 19.1. The molecular weight excluding hydrogens is 404 g/mol. The number of anilines is 2. The van der Waals surface area contributed by atoms with Crippen LogP contribution in [0.3, 0.4) is 0 Å². The number of rotatable bonds is 2. The van der Waals surface area contributed by atoms with Crippen LogP contribution in [0.25, 0.3) is 52.5 Å². The summed E-state index contributed by atoms with van der Waals surface area (Å²) in [5, 5.41) is 13.2. The van der Waals surface area contributed by atoms with E-state index in [1.165, 1.54) is 62.5 Å². The minimum absolute atomic E-state index is 1.30. The molecular formula is C26H22N2S2. The van der Waals surface area contributed by atoms with Crippen molar-refractivity contribution in [1.29, 1.82) is 0 Å². The van der Waals surface area contributed by atoms with Crippen LogP contribution in [0.1, 0.15) is 0 Å². The molecule has 148 valence electrons. The van der Waals surface area contributed by atoms with Crippen LogP contribution < -0.4 is 9.80 Å². The molecule has 6 rings (SSSR count). The summed E-state index contributed by atoms with van der Waals surface area (Å²) >= 11 is 3.73. The summed E-state index contributed by atoms with van der Waals surface area (Å²) in [6.07, 6.45) is 0. The molecule has 0 N–H and O–H groups in total. The Hall–Kier alpha value is -2.82. The molecule has 4 aromatic carbocycles. The van der Waals surface area contributed by atoms with Gasteiger partial charge in [0.05, 0.1) is 10.0 Å². The van der Waals surface area contributed by atoms with E-state index in [4.69, 9.17) is 0 Å². The van der Waals surface area contributed by atoms with E-state index in [2.05, 4.69) is 98.7 Å². The second kappa shape index (κ2) is 6.34. The molecule has 0 unspecified atom stereocenters. The summed E-state index contributed by atoms with van der Waals surface area (Å²) in [7, 11) is 8.44. The average Bonchev–Trinajstić information content (AvgIpc) is 3.33. The number of thiophene rings is 2. The lowest BCUT2D eigenvalue weighted by molar-refractivity contribution is 1.16. The Kier molecular flexibility index (Phi) is 3.80. The van der Waals surface area contributed by atoms with Crippen molar-refractivity contribution in [2.45, 2.75) is 0 Å². The highest BCUT2D eigenvalue weighted by atomic mass is 32.1. The smallest absolute Gasteiger partial charge is 0.0915 e. The predicted octanol–water partition coefficient (Wildman–Crippen LogP) is 7.71. The maximum absolute atomic E-state index is 2.38. The summed E-state index contributed by atoms with van der Waals surface area (Å²) in [5.41, 5.74) is 0. The lowest BCUT2D eigenvalue weighted by Crippen LogP contribution is -2.05. The second-order valence-electron chi connectivity index (χ2n) is 8.41. The number of hydrogen-bond acceptors (Lipinski definition) is 4. The maximum Gasteiger partial charge on any atom is 0.0915 e. The monoisotopic (exact) mass is 426 g/mol. The summed E-state index contributed by atoms with van der Waals surface area (Å²) < 4.78 is 2.70. The molecule has 2 aromatic heterocycles. The second-order valence-corrected chi connectivity index (χ2v) is 10.5. The Balaban J connectivity index is 1.66. The molecule has 0 radical (unpaired) electrons. The molecule has 0 aliphatic carbocycles. The molecule has 30 heavy (non-hydrogen) atoms. The van der Waals surface area contributed by atoms with Crippen LogP contribution in [0.4, 0.5) is 10.0 Å². The van der Waals surface area contributed by atoms with E-state index < -0.39 is 0 Å². The fourth-order valence-electron chi connectivity index (χ4n) is 4.36. The maximum atomic E-state index is 2.38. The summed E-state index contributed by atoms with van der Waals surface area (Å²) in [4.78, 5) is 4.38. The Morgan fingerprint density at radius 2 is 0.900 bits per heavy atom. The summed E-state index contributed by atoms with van der Waals surface area (Å²) in [6.45, 7) is 0. The van der Waals surface area contributed by atoms with Gasteiger partial charge in [0, 0.05) is 37.6 Å². The molecule has 0 saturated heterocycles. The third kappa shape index (κ3) is 2.60. The van der Waals surface area contributed by atoms with Gasteiger partial charge in [-0.2, -0.15) is 0 Å². The molecule has 0 amide bonds. The van der Waals surface area contributed by atoms with Crippen molar-refractivity contribution in [1.82, 2.24) is 0 Å². The van der Waals surface area contributed by atoms with Gasteiger partial charge in [0.1, 0.15) is 0 Å². The largest absolute Gasteiger partial charge is 0.370 e.